The molecule has 0 radical (unpaired) electrons. The second-order valence-electron chi connectivity index (χ2n) is 9.38. The molecule has 0 bridgehead atoms. The maximum atomic E-state index is 13.5. The Balaban J connectivity index is 1.61. The van der Waals surface area contributed by atoms with Crippen LogP contribution < -0.4 is 18.9 Å². The average molecular weight is 530 g/mol. The van der Waals surface area contributed by atoms with E-state index < -0.39 is 17.7 Å². The molecule has 5 rings (SSSR count). The highest BCUT2D eigenvalue weighted by Gasteiger charge is 2.46. The van der Waals surface area contributed by atoms with Crippen LogP contribution >= 0.6 is 0 Å². The molecule has 2 heterocycles. The quantitative estimate of drug-likeness (QED) is 0.175. The summed E-state index contributed by atoms with van der Waals surface area (Å²) >= 11 is 0. The van der Waals surface area contributed by atoms with Gasteiger partial charge in [0.2, 0.25) is 0 Å². The number of methoxy groups -OCH3 is 1. The summed E-state index contributed by atoms with van der Waals surface area (Å²) in [5.74, 6) is 0.344. The molecule has 1 N–H and O–H groups in total. The molecule has 0 spiro atoms. The van der Waals surface area contributed by atoms with Crippen molar-refractivity contribution in [2.45, 2.75) is 32.4 Å². The Bertz CT molecular complexity index is 1400. The lowest BCUT2D eigenvalue weighted by molar-refractivity contribution is -0.140. The number of Topliss-reactive ketones (excluding diaryl/α,β-unsaturated/α-hetero) is 1. The highest BCUT2D eigenvalue weighted by molar-refractivity contribution is 6.46. The van der Waals surface area contributed by atoms with Gasteiger partial charge in [0.1, 0.15) is 19.0 Å². The standard InChI is InChI=1S/C31H31NO7/c1-3-4-14-37-23-12-10-21(17-25(23)36-2)28-27(29(33)22-11-13-24-26(18-22)39-16-15-38-24)30(34)31(35)32(28)19-20-8-6-5-7-9-20/h5-13,17-18,28,33H,3-4,14-16,19H2,1-2H3/b29-27-. The summed E-state index contributed by atoms with van der Waals surface area (Å²) in [7, 11) is 1.54. The fourth-order valence-electron chi connectivity index (χ4n) is 4.82. The minimum atomic E-state index is -0.850. The van der Waals surface area contributed by atoms with Gasteiger partial charge in [0.15, 0.2) is 23.0 Å². The Kier molecular flexibility index (Phi) is 7.72. The molecule has 1 unspecified atom stereocenters. The Hall–Kier alpha value is -4.46. The van der Waals surface area contributed by atoms with Crippen molar-refractivity contribution in [1.29, 1.82) is 0 Å². The van der Waals surface area contributed by atoms with Crippen LogP contribution in [0.3, 0.4) is 0 Å². The van der Waals surface area contributed by atoms with Crippen molar-refractivity contribution in [2.24, 2.45) is 0 Å². The summed E-state index contributed by atoms with van der Waals surface area (Å²) in [5.41, 5.74) is 1.82. The molecular formula is C31H31NO7. The number of likely N-dealkylation sites (tertiary alicyclic amines) is 1. The molecule has 1 amide bonds. The Labute approximate surface area is 227 Å². The van der Waals surface area contributed by atoms with E-state index in [4.69, 9.17) is 18.9 Å². The largest absolute Gasteiger partial charge is 0.507 e. The molecule has 2 aliphatic rings. The van der Waals surface area contributed by atoms with Crippen molar-refractivity contribution < 1.29 is 33.6 Å². The first-order valence-corrected chi connectivity index (χ1v) is 13.0. The fourth-order valence-corrected chi connectivity index (χ4v) is 4.82. The van der Waals surface area contributed by atoms with Crippen molar-refractivity contribution in [2.75, 3.05) is 26.9 Å². The van der Waals surface area contributed by atoms with E-state index in [0.29, 0.717) is 53.9 Å². The molecule has 8 heteroatoms. The normalized spacial score (nSPS) is 17.8. The number of nitrogens with zero attached hydrogens (tertiary/aromatic N) is 1. The highest BCUT2D eigenvalue weighted by atomic mass is 16.6. The van der Waals surface area contributed by atoms with Crippen molar-refractivity contribution in [3.8, 4) is 23.0 Å². The summed E-state index contributed by atoms with van der Waals surface area (Å²) < 4.78 is 22.7. The van der Waals surface area contributed by atoms with E-state index in [1.807, 2.05) is 30.3 Å². The number of hydrogen-bond donors (Lipinski definition) is 1. The van der Waals surface area contributed by atoms with Crippen molar-refractivity contribution in [1.82, 2.24) is 4.90 Å². The van der Waals surface area contributed by atoms with E-state index in [1.54, 1.807) is 43.5 Å². The molecule has 8 nitrogen and oxygen atoms in total. The van der Waals surface area contributed by atoms with Crippen LogP contribution in [0.15, 0.2) is 72.3 Å². The van der Waals surface area contributed by atoms with Gasteiger partial charge >= 0.3 is 0 Å². The molecule has 3 aromatic rings. The van der Waals surface area contributed by atoms with Crippen LogP contribution in [0.4, 0.5) is 0 Å². The van der Waals surface area contributed by atoms with Gasteiger partial charge in [-0.2, -0.15) is 0 Å². The third kappa shape index (κ3) is 5.27. The first kappa shape index (κ1) is 26.2. The number of ether oxygens (including phenoxy) is 4. The highest BCUT2D eigenvalue weighted by Crippen LogP contribution is 2.43. The van der Waals surface area contributed by atoms with Crippen molar-refractivity contribution in [3.05, 3.63) is 89.0 Å². The van der Waals surface area contributed by atoms with Crippen molar-refractivity contribution >= 4 is 17.4 Å². The zero-order valence-corrected chi connectivity index (χ0v) is 22.0. The molecule has 202 valence electrons. The van der Waals surface area contributed by atoms with Gasteiger partial charge < -0.3 is 29.0 Å². The maximum Gasteiger partial charge on any atom is 0.295 e. The smallest absolute Gasteiger partial charge is 0.295 e. The van der Waals surface area contributed by atoms with Gasteiger partial charge in [-0.05, 0) is 47.9 Å². The zero-order valence-electron chi connectivity index (χ0n) is 22.0. The third-order valence-electron chi connectivity index (χ3n) is 6.81. The molecule has 39 heavy (non-hydrogen) atoms. The first-order valence-electron chi connectivity index (χ1n) is 13.0. The van der Waals surface area contributed by atoms with Gasteiger partial charge in [-0.15, -0.1) is 0 Å². The van der Waals surface area contributed by atoms with Gasteiger partial charge in [-0.25, -0.2) is 0 Å². The predicted octanol–water partition coefficient (Wildman–Crippen LogP) is 5.27. The number of amides is 1. The zero-order chi connectivity index (χ0) is 27.4. The second-order valence-corrected chi connectivity index (χ2v) is 9.38. The number of aliphatic hydroxyl groups excluding tert-OH is 1. The SMILES string of the molecule is CCCCOc1ccc(C2/C(=C(/O)c3ccc4c(c3)OCCO4)C(=O)C(=O)N2Cc2ccccc2)cc1OC. The first-order chi connectivity index (χ1) is 19.0. The van der Waals surface area contributed by atoms with E-state index in [1.165, 1.54) is 4.90 Å². The topological polar surface area (TPSA) is 94.5 Å². The summed E-state index contributed by atoms with van der Waals surface area (Å²) in [6.07, 6.45) is 1.89. The summed E-state index contributed by atoms with van der Waals surface area (Å²) in [5, 5.41) is 11.5. The number of rotatable bonds is 9. The van der Waals surface area contributed by atoms with Gasteiger partial charge in [0.25, 0.3) is 11.7 Å². The van der Waals surface area contributed by atoms with Crippen LogP contribution in [-0.4, -0.2) is 48.6 Å². The minimum absolute atomic E-state index is 0.00527. The fraction of sp³-hybridized carbons (Fsp3) is 0.290. The number of fused-ring (bicyclic) bond motifs is 1. The van der Waals surface area contributed by atoms with Gasteiger partial charge in [0.05, 0.1) is 25.3 Å². The Morgan fingerprint density at radius 3 is 2.49 bits per heavy atom. The van der Waals surface area contributed by atoms with E-state index in [9.17, 15) is 14.7 Å². The number of carbonyl (C=O) groups excluding carboxylic acids is 2. The summed E-state index contributed by atoms with van der Waals surface area (Å²) in [6.45, 7) is 3.63. The van der Waals surface area contributed by atoms with Crippen LogP contribution in [0.5, 0.6) is 23.0 Å². The predicted molar refractivity (Wildman–Crippen MR) is 145 cm³/mol. The lowest BCUT2D eigenvalue weighted by atomic mass is 9.94. The number of aliphatic hydroxyl groups is 1. The number of benzene rings is 3. The van der Waals surface area contributed by atoms with E-state index in [-0.39, 0.29) is 17.9 Å². The molecule has 3 aromatic carbocycles. The van der Waals surface area contributed by atoms with Gasteiger partial charge in [0, 0.05) is 12.1 Å². The lowest BCUT2D eigenvalue weighted by Crippen LogP contribution is -2.29. The van der Waals surface area contributed by atoms with Crippen LogP contribution in [0.1, 0.15) is 42.5 Å². The number of unbranched alkanes of at least 4 members (excludes halogenated alkanes) is 1. The van der Waals surface area contributed by atoms with Gasteiger partial charge in [-0.1, -0.05) is 49.7 Å². The molecule has 1 fully saturated rings. The van der Waals surface area contributed by atoms with Crippen LogP contribution in [0, 0.1) is 0 Å². The molecular weight excluding hydrogens is 498 g/mol. The molecule has 2 aliphatic heterocycles. The number of ketones is 1. The van der Waals surface area contributed by atoms with Crippen LogP contribution in [0.25, 0.3) is 5.76 Å². The molecule has 0 aliphatic carbocycles. The van der Waals surface area contributed by atoms with Crippen LogP contribution in [0.2, 0.25) is 0 Å². The molecule has 1 saturated heterocycles. The summed E-state index contributed by atoms with van der Waals surface area (Å²) in [4.78, 5) is 28.3. The maximum absolute atomic E-state index is 13.5. The molecule has 0 aromatic heterocycles. The Morgan fingerprint density at radius 1 is 0.974 bits per heavy atom. The average Bonchev–Trinajstić information content (AvgIpc) is 3.22. The Morgan fingerprint density at radius 2 is 1.74 bits per heavy atom. The molecule has 1 atom stereocenters. The number of carbonyl (C=O) groups is 2. The lowest BCUT2D eigenvalue weighted by Gasteiger charge is -2.26. The van der Waals surface area contributed by atoms with E-state index in [2.05, 4.69) is 6.92 Å². The summed E-state index contributed by atoms with van der Waals surface area (Å²) in [6, 6.07) is 18.9. The van der Waals surface area contributed by atoms with E-state index in [0.717, 1.165) is 18.4 Å². The van der Waals surface area contributed by atoms with Gasteiger partial charge in [-0.3, -0.25) is 9.59 Å². The van der Waals surface area contributed by atoms with Crippen molar-refractivity contribution in [3.63, 3.8) is 0 Å². The molecule has 0 saturated carbocycles. The monoisotopic (exact) mass is 529 g/mol. The van der Waals surface area contributed by atoms with E-state index >= 15 is 0 Å². The second kappa shape index (κ2) is 11.5. The van der Waals surface area contributed by atoms with Crippen LogP contribution in [-0.2, 0) is 16.1 Å². The third-order valence-corrected chi connectivity index (χ3v) is 6.81. The number of hydrogen-bond acceptors (Lipinski definition) is 7. The minimum Gasteiger partial charge on any atom is -0.507 e.